The molecule has 2 N–H and O–H groups in total. The van der Waals surface area contributed by atoms with Gasteiger partial charge in [-0.25, -0.2) is 0 Å². The van der Waals surface area contributed by atoms with Crippen molar-refractivity contribution in [3.8, 4) is 5.75 Å². The summed E-state index contributed by atoms with van der Waals surface area (Å²) in [6.45, 7) is 0. The predicted molar refractivity (Wildman–Crippen MR) is 77.5 cm³/mol. The zero-order valence-corrected chi connectivity index (χ0v) is 12.7. The van der Waals surface area contributed by atoms with E-state index in [-0.39, 0.29) is 11.1 Å². The smallest absolute Gasteiger partial charge is 0.416 e. The minimum absolute atomic E-state index is 0.0630. The van der Waals surface area contributed by atoms with E-state index in [1.54, 1.807) is 0 Å². The molecule has 2 rings (SSSR count). The Balaban J connectivity index is 2.45. The van der Waals surface area contributed by atoms with E-state index in [0.717, 1.165) is 6.07 Å². The lowest BCUT2D eigenvalue weighted by Gasteiger charge is -2.15. The number of nitrogens with one attached hydrogen (secondary N) is 1. The van der Waals surface area contributed by atoms with Crippen LogP contribution in [0.1, 0.15) is 21.5 Å². The summed E-state index contributed by atoms with van der Waals surface area (Å²) in [4.78, 5) is 12.0. The summed E-state index contributed by atoms with van der Waals surface area (Å²) >= 11 is 5.60. The molecule has 25 heavy (non-hydrogen) atoms. The molecule has 3 nitrogen and oxygen atoms in total. The molecular weight excluding hydrogens is 376 g/mol. The van der Waals surface area contributed by atoms with E-state index in [9.17, 15) is 36.2 Å². The van der Waals surface area contributed by atoms with Crippen molar-refractivity contribution in [3.63, 3.8) is 0 Å². The summed E-state index contributed by atoms with van der Waals surface area (Å²) in [6, 6.07) is 4.29. The van der Waals surface area contributed by atoms with Gasteiger partial charge in [0.25, 0.3) is 5.91 Å². The molecule has 2 aromatic carbocycles. The van der Waals surface area contributed by atoms with Gasteiger partial charge in [-0.3, -0.25) is 4.79 Å². The number of halogens is 7. The molecule has 0 aliphatic heterocycles. The molecule has 0 aliphatic carbocycles. The van der Waals surface area contributed by atoms with Gasteiger partial charge in [0.05, 0.1) is 21.7 Å². The first kappa shape index (κ1) is 18.9. The van der Waals surface area contributed by atoms with Gasteiger partial charge >= 0.3 is 12.4 Å². The van der Waals surface area contributed by atoms with Crippen molar-refractivity contribution in [2.75, 3.05) is 5.32 Å². The molecule has 0 bridgehead atoms. The number of rotatable bonds is 2. The second-order valence-electron chi connectivity index (χ2n) is 4.88. The van der Waals surface area contributed by atoms with Crippen LogP contribution in [-0.2, 0) is 12.4 Å². The summed E-state index contributed by atoms with van der Waals surface area (Å²) in [7, 11) is 0. The number of amides is 1. The van der Waals surface area contributed by atoms with Gasteiger partial charge in [0.1, 0.15) is 5.75 Å². The summed E-state index contributed by atoms with van der Waals surface area (Å²) in [6.07, 6.45) is -10.1. The van der Waals surface area contributed by atoms with Crippen molar-refractivity contribution in [1.82, 2.24) is 0 Å². The van der Waals surface area contributed by atoms with Crippen LogP contribution in [0, 0.1) is 0 Å². The molecular formula is C15H8ClF6NO2. The largest absolute Gasteiger partial charge is 0.506 e. The molecule has 0 fully saturated rings. The lowest BCUT2D eigenvalue weighted by molar-refractivity contribution is -0.143. The fraction of sp³-hybridized carbons (Fsp3) is 0.133. The monoisotopic (exact) mass is 383 g/mol. The quantitative estimate of drug-likeness (QED) is 0.688. The Morgan fingerprint density at radius 2 is 1.48 bits per heavy atom. The van der Waals surface area contributed by atoms with Crippen molar-refractivity contribution in [1.29, 1.82) is 0 Å². The Kier molecular flexibility index (Phi) is 4.90. The first-order valence-corrected chi connectivity index (χ1v) is 6.85. The molecule has 10 heteroatoms. The number of anilines is 1. The summed E-state index contributed by atoms with van der Waals surface area (Å²) in [5, 5.41) is 11.4. The summed E-state index contributed by atoms with van der Waals surface area (Å²) in [5.74, 6) is -1.77. The number of hydrogen-bond donors (Lipinski definition) is 2. The maximum Gasteiger partial charge on any atom is 0.416 e. The molecule has 0 radical (unpaired) electrons. The van der Waals surface area contributed by atoms with Crippen LogP contribution < -0.4 is 5.32 Å². The molecule has 0 saturated heterocycles. The average molecular weight is 384 g/mol. The Morgan fingerprint density at radius 1 is 0.960 bits per heavy atom. The summed E-state index contributed by atoms with van der Waals surface area (Å²) in [5.41, 5.74) is -4.29. The highest BCUT2D eigenvalue weighted by molar-refractivity contribution is 6.32. The number of benzene rings is 2. The molecule has 0 saturated carbocycles. The Hall–Kier alpha value is -2.42. The molecule has 1 amide bonds. The van der Waals surface area contributed by atoms with E-state index < -0.39 is 46.4 Å². The van der Waals surface area contributed by atoms with E-state index in [2.05, 4.69) is 0 Å². The topological polar surface area (TPSA) is 49.3 Å². The SMILES string of the molecule is O=C(Nc1cc(C(F)(F)F)cc(C(F)(F)F)c1)c1cccc(Cl)c1O. The van der Waals surface area contributed by atoms with Crippen LogP contribution in [0.5, 0.6) is 5.75 Å². The number of hydrogen-bond acceptors (Lipinski definition) is 2. The minimum Gasteiger partial charge on any atom is -0.506 e. The molecule has 2 aromatic rings. The maximum atomic E-state index is 12.8. The highest BCUT2D eigenvalue weighted by Crippen LogP contribution is 2.38. The Bertz CT molecular complexity index is 784. The summed E-state index contributed by atoms with van der Waals surface area (Å²) < 4.78 is 76.7. The van der Waals surface area contributed by atoms with Crippen molar-refractivity contribution in [2.24, 2.45) is 0 Å². The van der Waals surface area contributed by atoms with Crippen LogP contribution >= 0.6 is 11.6 Å². The fourth-order valence-electron chi connectivity index (χ4n) is 1.92. The highest BCUT2D eigenvalue weighted by Gasteiger charge is 2.37. The normalized spacial score (nSPS) is 12.1. The first-order valence-electron chi connectivity index (χ1n) is 6.48. The number of phenols is 1. The number of alkyl halides is 6. The second-order valence-corrected chi connectivity index (χ2v) is 5.29. The number of carbonyl (C=O) groups excluding carboxylic acids is 1. The van der Waals surface area contributed by atoms with Gasteiger partial charge in [-0.05, 0) is 30.3 Å². The molecule has 0 aromatic heterocycles. The Labute approximate surface area is 141 Å². The van der Waals surface area contributed by atoms with Crippen LogP contribution in [0.4, 0.5) is 32.0 Å². The molecule has 0 spiro atoms. The van der Waals surface area contributed by atoms with Crippen molar-refractivity contribution in [2.45, 2.75) is 12.4 Å². The third-order valence-electron chi connectivity index (χ3n) is 3.08. The number of carbonyl (C=O) groups is 1. The van der Waals surface area contributed by atoms with E-state index in [1.165, 1.54) is 12.1 Å². The lowest BCUT2D eigenvalue weighted by Crippen LogP contribution is -2.16. The van der Waals surface area contributed by atoms with Gasteiger partial charge in [0.15, 0.2) is 0 Å². The third-order valence-corrected chi connectivity index (χ3v) is 3.38. The van der Waals surface area contributed by atoms with Crippen LogP contribution in [0.2, 0.25) is 5.02 Å². The molecule has 0 heterocycles. The van der Waals surface area contributed by atoms with Crippen molar-refractivity contribution in [3.05, 3.63) is 58.1 Å². The fourth-order valence-corrected chi connectivity index (χ4v) is 2.10. The minimum atomic E-state index is -5.04. The van der Waals surface area contributed by atoms with Crippen LogP contribution in [0.3, 0.4) is 0 Å². The number of para-hydroxylation sites is 1. The standard InChI is InChI=1S/C15H8ClF6NO2/c16-11-3-1-2-10(12(11)24)13(25)23-9-5-7(14(17,18)19)4-8(6-9)15(20,21)22/h1-6,24H,(H,23,25). The number of phenolic OH excluding ortho intramolecular Hbond substituents is 1. The van der Waals surface area contributed by atoms with Gasteiger partial charge < -0.3 is 10.4 Å². The second kappa shape index (κ2) is 6.47. The first-order chi connectivity index (χ1) is 11.4. The van der Waals surface area contributed by atoms with Crippen LogP contribution in [0.15, 0.2) is 36.4 Å². The van der Waals surface area contributed by atoms with Gasteiger partial charge in [0.2, 0.25) is 0 Å². The van der Waals surface area contributed by atoms with Gasteiger partial charge in [-0.2, -0.15) is 26.3 Å². The number of aromatic hydroxyl groups is 1. The van der Waals surface area contributed by atoms with E-state index in [4.69, 9.17) is 11.6 Å². The highest BCUT2D eigenvalue weighted by atomic mass is 35.5. The third kappa shape index (κ3) is 4.36. The molecule has 134 valence electrons. The van der Waals surface area contributed by atoms with E-state index in [1.807, 2.05) is 5.32 Å². The molecule has 0 aliphatic rings. The average Bonchev–Trinajstić information content (AvgIpc) is 2.47. The Morgan fingerprint density at radius 3 is 1.96 bits per heavy atom. The van der Waals surface area contributed by atoms with Crippen LogP contribution in [0.25, 0.3) is 0 Å². The van der Waals surface area contributed by atoms with Gasteiger partial charge in [-0.15, -0.1) is 0 Å². The zero-order chi connectivity index (χ0) is 19.0. The lowest BCUT2D eigenvalue weighted by atomic mass is 10.1. The van der Waals surface area contributed by atoms with E-state index >= 15 is 0 Å². The maximum absolute atomic E-state index is 12.8. The predicted octanol–water partition coefficient (Wildman–Crippen LogP) is 5.34. The zero-order valence-electron chi connectivity index (χ0n) is 12.0. The van der Waals surface area contributed by atoms with Crippen LogP contribution in [-0.4, -0.2) is 11.0 Å². The van der Waals surface area contributed by atoms with Gasteiger partial charge in [-0.1, -0.05) is 17.7 Å². The molecule has 0 unspecified atom stereocenters. The van der Waals surface area contributed by atoms with Gasteiger partial charge in [0, 0.05) is 5.69 Å². The van der Waals surface area contributed by atoms with Crippen molar-refractivity contribution < 1.29 is 36.2 Å². The molecule has 0 atom stereocenters. The van der Waals surface area contributed by atoms with Crippen molar-refractivity contribution >= 4 is 23.2 Å². The van der Waals surface area contributed by atoms with E-state index in [0.29, 0.717) is 12.1 Å².